The van der Waals surface area contributed by atoms with E-state index in [4.69, 9.17) is 0 Å². The molecule has 3 nitrogen and oxygen atoms in total. The van der Waals surface area contributed by atoms with Gasteiger partial charge in [0.2, 0.25) is 0 Å². The smallest absolute Gasteiger partial charge is 0.0966 e. The van der Waals surface area contributed by atoms with Crippen LogP contribution in [0.5, 0.6) is 0 Å². The van der Waals surface area contributed by atoms with Crippen molar-refractivity contribution in [1.29, 1.82) is 0 Å². The molecule has 2 aromatic rings. The standard InChI is InChI=1S/C21H26N2O/c1-2-3-4-5-9-14-20(19-13-10-15-22-16-19)23-21(17-24)18-11-7-6-8-12-18/h6-8,10-13,15-16,20-21,23-24H,2-5,17H2,1H3/t20-,21-/m0/s1. The second kappa shape index (κ2) is 10.6. The summed E-state index contributed by atoms with van der Waals surface area (Å²) in [6, 6.07) is 13.6. The molecule has 3 heteroatoms. The highest BCUT2D eigenvalue weighted by Gasteiger charge is 2.16. The van der Waals surface area contributed by atoms with Gasteiger partial charge in [-0.05, 0) is 23.6 Å². The summed E-state index contributed by atoms with van der Waals surface area (Å²) in [4.78, 5) is 4.20. The van der Waals surface area contributed by atoms with E-state index in [0.717, 1.165) is 24.0 Å². The monoisotopic (exact) mass is 322 g/mol. The number of aromatic nitrogens is 1. The number of hydrogen-bond acceptors (Lipinski definition) is 3. The maximum absolute atomic E-state index is 9.79. The molecule has 2 atom stereocenters. The summed E-state index contributed by atoms with van der Waals surface area (Å²) in [5, 5.41) is 13.3. The molecule has 1 heterocycles. The van der Waals surface area contributed by atoms with Crippen LogP contribution < -0.4 is 5.32 Å². The zero-order valence-electron chi connectivity index (χ0n) is 14.3. The molecule has 0 unspecified atom stereocenters. The molecule has 1 aromatic carbocycles. The fraction of sp³-hybridized carbons (Fsp3) is 0.381. The van der Waals surface area contributed by atoms with Crippen LogP contribution in [0, 0.1) is 11.8 Å². The zero-order chi connectivity index (χ0) is 17.0. The molecule has 0 aliphatic rings. The summed E-state index contributed by atoms with van der Waals surface area (Å²) >= 11 is 0. The van der Waals surface area contributed by atoms with Crippen LogP contribution in [0.2, 0.25) is 0 Å². The van der Waals surface area contributed by atoms with Gasteiger partial charge >= 0.3 is 0 Å². The molecular weight excluding hydrogens is 296 g/mol. The summed E-state index contributed by atoms with van der Waals surface area (Å²) in [6.45, 7) is 2.22. The van der Waals surface area contributed by atoms with Crippen molar-refractivity contribution in [1.82, 2.24) is 10.3 Å². The molecular formula is C21H26N2O. The number of benzene rings is 1. The van der Waals surface area contributed by atoms with E-state index in [-0.39, 0.29) is 18.7 Å². The highest BCUT2D eigenvalue weighted by atomic mass is 16.3. The summed E-state index contributed by atoms with van der Waals surface area (Å²) in [5.41, 5.74) is 2.08. The van der Waals surface area contributed by atoms with E-state index >= 15 is 0 Å². The molecule has 126 valence electrons. The number of aliphatic hydroxyl groups excluding tert-OH is 1. The summed E-state index contributed by atoms with van der Waals surface area (Å²) in [5.74, 6) is 6.60. The SMILES string of the molecule is CCCCCC#C[C@H](N[C@@H](CO)c1ccccc1)c1cccnc1. The third-order valence-electron chi connectivity index (χ3n) is 3.92. The maximum atomic E-state index is 9.79. The Balaban J connectivity index is 2.13. The van der Waals surface area contributed by atoms with Gasteiger partial charge in [0.15, 0.2) is 0 Å². The largest absolute Gasteiger partial charge is 0.394 e. The molecule has 0 spiro atoms. The van der Waals surface area contributed by atoms with Crippen molar-refractivity contribution < 1.29 is 5.11 Å². The molecule has 0 aliphatic heterocycles. The van der Waals surface area contributed by atoms with E-state index in [1.54, 1.807) is 6.20 Å². The van der Waals surface area contributed by atoms with Crippen LogP contribution in [0.15, 0.2) is 54.9 Å². The molecule has 1 aromatic heterocycles. The third kappa shape index (κ3) is 5.81. The van der Waals surface area contributed by atoms with Gasteiger partial charge in [0.05, 0.1) is 18.7 Å². The van der Waals surface area contributed by atoms with E-state index in [2.05, 4.69) is 29.1 Å². The third-order valence-corrected chi connectivity index (χ3v) is 3.92. The topological polar surface area (TPSA) is 45.1 Å². The first-order chi connectivity index (χ1) is 11.8. The Bertz CT molecular complexity index is 631. The Hall–Kier alpha value is -2.15. The van der Waals surface area contributed by atoms with Crippen molar-refractivity contribution in [2.24, 2.45) is 0 Å². The molecule has 2 N–H and O–H groups in total. The minimum atomic E-state index is -0.152. The van der Waals surface area contributed by atoms with Crippen LogP contribution in [0.4, 0.5) is 0 Å². The van der Waals surface area contributed by atoms with E-state index in [9.17, 15) is 5.11 Å². The number of unbranched alkanes of at least 4 members (excludes halogenated alkanes) is 3. The molecule has 0 saturated heterocycles. The fourth-order valence-electron chi connectivity index (χ4n) is 2.55. The van der Waals surface area contributed by atoms with Crippen LogP contribution in [0.25, 0.3) is 0 Å². The van der Waals surface area contributed by atoms with E-state index in [1.165, 1.54) is 12.8 Å². The lowest BCUT2D eigenvalue weighted by atomic mass is 10.0. The molecule has 0 bridgehead atoms. The number of nitrogens with one attached hydrogen (secondary N) is 1. The van der Waals surface area contributed by atoms with Crippen LogP contribution in [0.3, 0.4) is 0 Å². The highest BCUT2D eigenvalue weighted by Crippen LogP contribution is 2.19. The van der Waals surface area contributed by atoms with Gasteiger partial charge in [0.25, 0.3) is 0 Å². The summed E-state index contributed by atoms with van der Waals surface area (Å²) in [7, 11) is 0. The molecule has 0 aliphatic carbocycles. The Morgan fingerprint density at radius 3 is 2.54 bits per heavy atom. The van der Waals surface area contributed by atoms with Crippen LogP contribution in [-0.2, 0) is 0 Å². The second-order valence-electron chi connectivity index (χ2n) is 5.81. The first kappa shape index (κ1) is 18.2. The maximum Gasteiger partial charge on any atom is 0.0966 e. The van der Waals surface area contributed by atoms with Gasteiger partial charge in [0.1, 0.15) is 0 Å². The Morgan fingerprint density at radius 2 is 1.88 bits per heavy atom. The predicted molar refractivity (Wildman–Crippen MR) is 98.3 cm³/mol. The van der Waals surface area contributed by atoms with Gasteiger partial charge < -0.3 is 5.11 Å². The van der Waals surface area contributed by atoms with Gasteiger partial charge in [-0.25, -0.2) is 0 Å². The number of pyridine rings is 1. The van der Waals surface area contributed by atoms with Crippen molar-refractivity contribution in [2.75, 3.05) is 6.61 Å². The number of hydrogen-bond donors (Lipinski definition) is 2. The molecule has 0 fully saturated rings. The molecule has 24 heavy (non-hydrogen) atoms. The van der Waals surface area contributed by atoms with Gasteiger partial charge in [0, 0.05) is 18.8 Å². The summed E-state index contributed by atoms with van der Waals surface area (Å²) < 4.78 is 0. The van der Waals surface area contributed by atoms with Crippen molar-refractivity contribution in [3.05, 3.63) is 66.0 Å². The number of aliphatic hydroxyl groups is 1. The van der Waals surface area contributed by atoms with Crippen molar-refractivity contribution in [3.8, 4) is 11.8 Å². The van der Waals surface area contributed by atoms with Crippen LogP contribution >= 0.6 is 0 Å². The van der Waals surface area contributed by atoms with Crippen LogP contribution in [-0.4, -0.2) is 16.7 Å². The molecule has 0 radical (unpaired) electrons. The number of rotatable bonds is 8. The minimum Gasteiger partial charge on any atom is -0.394 e. The lowest BCUT2D eigenvalue weighted by Crippen LogP contribution is -2.28. The first-order valence-electron chi connectivity index (χ1n) is 8.65. The quantitative estimate of drug-likeness (QED) is 0.570. The first-order valence-corrected chi connectivity index (χ1v) is 8.65. The lowest BCUT2D eigenvalue weighted by Gasteiger charge is -2.21. The predicted octanol–water partition coefficient (Wildman–Crippen LogP) is 4.03. The van der Waals surface area contributed by atoms with Crippen molar-refractivity contribution >= 4 is 0 Å². The highest BCUT2D eigenvalue weighted by molar-refractivity contribution is 5.27. The van der Waals surface area contributed by atoms with Gasteiger partial charge in [-0.1, -0.05) is 62.1 Å². The van der Waals surface area contributed by atoms with E-state index in [1.807, 2.05) is 48.7 Å². The molecule has 2 rings (SSSR count). The molecule has 0 saturated carbocycles. The normalized spacial score (nSPS) is 12.9. The average Bonchev–Trinajstić information content (AvgIpc) is 2.65. The van der Waals surface area contributed by atoms with Crippen molar-refractivity contribution in [3.63, 3.8) is 0 Å². The molecule has 0 amide bonds. The zero-order valence-corrected chi connectivity index (χ0v) is 14.3. The Morgan fingerprint density at radius 1 is 1.08 bits per heavy atom. The minimum absolute atomic E-state index is 0.0261. The summed E-state index contributed by atoms with van der Waals surface area (Å²) in [6.07, 6.45) is 8.04. The van der Waals surface area contributed by atoms with Gasteiger partial charge in [-0.2, -0.15) is 0 Å². The van der Waals surface area contributed by atoms with E-state index < -0.39 is 0 Å². The second-order valence-corrected chi connectivity index (χ2v) is 5.81. The van der Waals surface area contributed by atoms with Crippen LogP contribution in [0.1, 0.15) is 55.8 Å². The number of nitrogens with zero attached hydrogens (tertiary/aromatic N) is 1. The Kier molecular flexibility index (Phi) is 8.03. The Labute approximate surface area is 145 Å². The average molecular weight is 322 g/mol. The van der Waals surface area contributed by atoms with Gasteiger partial charge in [-0.15, -0.1) is 5.92 Å². The van der Waals surface area contributed by atoms with Gasteiger partial charge in [-0.3, -0.25) is 10.3 Å². The lowest BCUT2D eigenvalue weighted by molar-refractivity contribution is 0.240. The van der Waals surface area contributed by atoms with Crippen molar-refractivity contribution in [2.45, 2.75) is 44.7 Å². The van der Waals surface area contributed by atoms with E-state index in [0.29, 0.717) is 0 Å². The fourth-order valence-corrected chi connectivity index (χ4v) is 2.55.